The Morgan fingerprint density at radius 1 is 0.758 bits per heavy atom. The number of rotatable bonds is 24. The van der Waals surface area contributed by atoms with Crippen LogP contribution in [-0.4, -0.2) is 48.6 Å². The lowest BCUT2D eigenvalue weighted by atomic mass is 10.1. The van der Waals surface area contributed by atoms with Gasteiger partial charge in [-0.05, 0) is 65.5 Å². The smallest absolute Gasteiger partial charge is 0.320 e. The highest BCUT2D eigenvalue weighted by Crippen LogP contribution is 2.11. The fourth-order valence-corrected chi connectivity index (χ4v) is 4.09. The minimum absolute atomic E-state index is 0.130. The van der Waals surface area contributed by atoms with Gasteiger partial charge in [-0.3, -0.25) is 14.5 Å². The van der Waals surface area contributed by atoms with Crippen molar-refractivity contribution in [1.29, 1.82) is 0 Å². The zero-order valence-electron chi connectivity index (χ0n) is 22.1. The second-order valence-corrected chi connectivity index (χ2v) is 9.70. The molecule has 0 aromatic heterocycles. The van der Waals surface area contributed by atoms with E-state index < -0.39 is 12.0 Å². The van der Waals surface area contributed by atoms with Crippen molar-refractivity contribution in [3.05, 3.63) is 12.2 Å². The van der Waals surface area contributed by atoms with Crippen molar-refractivity contribution < 1.29 is 14.7 Å². The number of aliphatic carboxylic acids is 1. The Hall–Kier alpha value is -1.36. The molecule has 5 nitrogen and oxygen atoms in total. The predicted molar refractivity (Wildman–Crippen MR) is 141 cm³/mol. The Morgan fingerprint density at radius 3 is 1.79 bits per heavy atom. The highest BCUT2D eigenvalue weighted by atomic mass is 16.4. The maximum absolute atomic E-state index is 11.9. The summed E-state index contributed by atoms with van der Waals surface area (Å²) in [5, 5.41) is 12.1. The fraction of sp³-hybridized carbons (Fsp3) is 0.857. The number of hydrogen-bond acceptors (Lipinski definition) is 3. The first kappa shape index (κ1) is 31.6. The molecule has 0 unspecified atom stereocenters. The number of amides is 1. The van der Waals surface area contributed by atoms with E-state index in [1.165, 1.54) is 83.5 Å². The summed E-state index contributed by atoms with van der Waals surface area (Å²) in [4.78, 5) is 24.8. The fourth-order valence-electron chi connectivity index (χ4n) is 4.09. The molecule has 0 aromatic rings. The summed E-state index contributed by atoms with van der Waals surface area (Å²) in [6.45, 7) is 2.91. The highest BCUT2D eigenvalue weighted by Gasteiger charge is 2.18. The van der Waals surface area contributed by atoms with Gasteiger partial charge in [-0.25, -0.2) is 0 Å². The summed E-state index contributed by atoms with van der Waals surface area (Å²) < 4.78 is 0. The third kappa shape index (κ3) is 22.2. The number of carbonyl (C=O) groups is 2. The molecule has 1 amide bonds. The molecule has 0 aromatic carbocycles. The van der Waals surface area contributed by atoms with Gasteiger partial charge in [0.25, 0.3) is 0 Å². The third-order valence-corrected chi connectivity index (χ3v) is 6.30. The Balaban J connectivity index is 3.36. The Morgan fingerprint density at radius 2 is 1.27 bits per heavy atom. The monoisotopic (exact) mass is 466 g/mol. The molecule has 0 heterocycles. The van der Waals surface area contributed by atoms with Crippen LogP contribution < -0.4 is 5.32 Å². The molecule has 0 aliphatic carbocycles. The van der Waals surface area contributed by atoms with E-state index in [-0.39, 0.29) is 5.91 Å². The van der Waals surface area contributed by atoms with E-state index in [2.05, 4.69) is 24.4 Å². The molecule has 0 aliphatic heterocycles. The lowest BCUT2D eigenvalue weighted by molar-refractivity contribution is -0.142. The number of nitrogens with zero attached hydrogens (tertiary/aromatic N) is 1. The van der Waals surface area contributed by atoms with Gasteiger partial charge in [0.15, 0.2) is 0 Å². The number of carboxylic acid groups (broad SMARTS) is 1. The molecule has 0 saturated heterocycles. The third-order valence-electron chi connectivity index (χ3n) is 6.30. The lowest BCUT2D eigenvalue weighted by Crippen LogP contribution is -2.35. The Kier molecular flexibility index (Phi) is 22.8. The van der Waals surface area contributed by atoms with Crippen molar-refractivity contribution in [3.63, 3.8) is 0 Å². The zero-order chi connectivity index (χ0) is 24.6. The molecular weight excluding hydrogens is 412 g/mol. The van der Waals surface area contributed by atoms with E-state index >= 15 is 0 Å². The van der Waals surface area contributed by atoms with Gasteiger partial charge in [0.05, 0.1) is 0 Å². The summed E-state index contributed by atoms with van der Waals surface area (Å²) in [6.07, 6.45) is 26.9. The second kappa shape index (κ2) is 23.8. The van der Waals surface area contributed by atoms with Crippen LogP contribution in [0.3, 0.4) is 0 Å². The van der Waals surface area contributed by atoms with Gasteiger partial charge in [0, 0.05) is 13.0 Å². The van der Waals surface area contributed by atoms with E-state index in [0.29, 0.717) is 19.4 Å². The molecule has 0 bridgehead atoms. The van der Waals surface area contributed by atoms with Crippen molar-refractivity contribution in [1.82, 2.24) is 10.2 Å². The van der Waals surface area contributed by atoms with Crippen molar-refractivity contribution in [3.8, 4) is 0 Å². The largest absolute Gasteiger partial charge is 0.480 e. The van der Waals surface area contributed by atoms with E-state index in [1.807, 2.05) is 0 Å². The molecule has 2 N–H and O–H groups in total. The second-order valence-electron chi connectivity index (χ2n) is 9.70. The van der Waals surface area contributed by atoms with Crippen LogP contribution in [0.1, 0.15) is 129 Å². The predicted octanol–water partition coefficient (Wildman–Crippen LogP) is 7.11. The standard InChI is InChI=1S/C28H54N2O3/c1-4-5-6-7-8-9-10-11-12-13-14-15-16-17-18-19-20-24-27(31)29-25-22-21-23-26(28(32)33)30(2)3/h11-12,26H,4-10,13-25H2,1-3H3,(H,29,31)(H,32,33)/b12-11+/t26-/m0/s1. The highest BCUT2D eigenvalue weighted by molar-refractivity contribution is 5.75. The molecule has 0 fully saturated rings. The van der Waals surface area contributed by atoms with E-state index in [0.717, 1.165) is 25.7 Å². The molecule has 0 rings (SSSR count). The van der Waals surface area contributed by atoms with Crippen molar-refractivity contribution in [2.75, 3.05) is 20.6 Å². The zero-order valence-corrected chi connectivity index (χ0v) is 22.1. The maximum atomic E-state index is 11.9. The van der Waals surface area contributed by atoms with Crippen LogP contribution in [0.5, 0.6) is 0 Å². The van der Waals surface area contributed by atoms with Crippen LogP contribution >= 0.6 is 0 Å². The Bertz CT molecular complexity index is 492. The summed E-state index contributed by atoms with van der Waals surface area (Å²) in [5.74, 6) is -0.648. The normalized spacial score (nSPS) is 12.5. The van der Waals surface area contributed by atoms with Gasteiger partial charge >= 0.3 is 5.97 Å². The van der Waals surface area contributed by atoms with Crippen LogP contribution in [0.2, 0.25) is 0 Å². The van der Waals surface area contributed by atoms with E-state index in [1.54, 1.807) is 19.0 Å². The van der Waals surface area contributed by atoms with Crippen LogP contribution in [0, 0.1) is 0 Å². The van der Waals surface area contributed by atoms with Crippen LogP contribution in [0.4, 0.5) is 0 Å². The van der Waals surface area contributed by atoms with E-state index in [9.17, 15) is 9.59 Å². The Labute approximate surface area is 204 Å². The van der Waals surface area contributed by atoms with Gasteiger partial charge in [-0.2, -0.15) is 0 Å². The molecule has 1 atom stereocenters. The molecule has 33 heavy (non-hydrogen) atoms. The summed E-state index contributed by atoms with van der Waals surface area (Å²) >= 11 is 0. The van der Waals surface area contributed by atoms with E-state index in [4.69, 9.17) is 5.11 Å². The minimum Gasteiger partial charge on any atom is -0.480 e. The first-order valence-electron chi connectivity index (χ1n) is 13.8. The lowest BCUT2D eigenvalue weighted by Gasteiger charge is -2.19. The van der Waals surface area contributed by atoms with Crippen LogP contribution in [-0.2, 0) is 9.59 Å². The SMILES string of the molecule is CCCCCCCC/C=C/CCCCCCCCCC(=O)NCCCC[C@@H](C(=O)O)N(C)C. The van der Waals surface area contributed by atoms with Gasteiger partial charge in [-0.15, -0.1) is 0 Å². The number of hydrogen-bond donors (Lipinski definition) is 2. The average molecular weight is 467 g/mol. The summed E-state index contributed by atoms with van der Waals surface area (Å²) in [6, 6.07) is -0.438. The molecule has 0 spiro atoms. The molecule has 0 aliphatic rings. The molecule has 194 valence electrons. The first-order valence-corrected chi connectivity index (χ1v) is 13.8. The van der Waals surface area contributed by atoms with Crippen molar-refractivity contribution in [2.45, 2.75) is 135 Å². The molecule has 0 saturated carbocycles. The summed E-state index contributed by atoms with van der Waals surface area (Å²) in [5.41, 5.74) is 0. The van der Waals surface area contributed by atoms with Gasteiger partial charge in [0.2, 0.25) is 5.91 Å². The first-order chi connectivity index (χ1) is 16.0. The summed E-state index contributed by atoms with van der Waals surface area (Å²) in [7, 11) is 3.58. The number of carboxylic acids is 1. The van der Waals surface area contributed by atoms with Crippen molar-refractivity contribution in [2.24, 2.45) is 0 Å². The molecular formula is C28H54N2O3. The van der Waals surface area contributed by atoms with Gasteiger partial charge in [-0.1, -0.05) is 83.3 Å². The van der Waals surface area contributed by atoms with Gasteiger partial charge < -0.3 is 10.4 Å². The molecule has 0 radical (unpaired) electrons. The minimum atomic E-state index is -0.778. The number of nitrogens with one attached hydrogen (secondary N) is 1. The van der Waals surface area contributed by atoms with Gasteiger partial charge in [0.1, 0.15) is 6.04 Å². The van der Waals surface area contributed by atoms with Crippen LogP contribution in [0.15, 0.2) is 12.2 Å². The molecule has 5 heteroatoms. The van der Waals surface area contributed by atoms with Crippen LogP contribution in [0.25, 0.3) is 0 Å². The number of unbranched alkanes of at least 4 members (excludes halogenated alkanes) is 14. The average Bonchev–Trinajstić information content (AvgIpc) is 2.77. The topological polar surface area (TPSA) is 69.6 Å². The van der Waals surface area contributed by atoms with Crippen molar-refractivity contribution >= 4 is 11.9 Å². The number of likely N-dealkylation sites (N-methyl/N-ethyl adjacent to an activating group) is 1. The number of carbonyl (C=O) groups excluding carboxylic acids is 1. The quantitative estimate of drug-likeness (QED) is 0.117. The maximum Gasteiger partial charge on any atom is 0.320 e. The number of allylic oxidation sites excluding steroid dienone is 2.